The molecule has 0 aliphatic rings. The number of carbonyl (C=O) groups excluding carboxylic acids is 1. The van der Waals surface area contributed by atoms with E-state index in [1.807, 2.05) is 30.3 Å². The molecule has 6 nitrogen and oxygen atoms in total. The molecule has 2 rings (SSSR count). The van der Waals surface area contributed by atoms with Gasteiger partial charge < -0.3 is 14.7 Å². The molecular weight excluding hydrogens is 316 g/mol. The Bertz CT molecular complexity index is 699. The molecule has 0 bridgehead atoms. The number of methoxy groups -OCH3 is 1. The lowest BCUT2D eigenvalue weighted by atomic mass is 10.1. The van der Waals surface area contributed by atoms with Crippen LogP contribution in [0.5, 0.6) is 0 Å². The first-order valence-electron chi connectivity index (χ1n) is 6.99. The Morgan fingerprint density at radius 3 is 2.57 bits per heavy atom. The number of hydrogen-bond acceptors (Lipinski definition) is 5. The van der Waals surface area contributed by atoms with Crippen molar-refractivity contribution in [1.29, 1.82) is 0 Å². The smallest absolute Gasteiger partial charge is 0.326 e. The van der Waals surface area contributed by atoms with E-state index in [1.54, 1.807) is 7.11 Å². The lowest BCUT2D eigenvalue weighted by Crippen LogP contribution is -2.40. The molecular formula is C16H18N2O4S. The molecule has 1 heterocycles. The molecule has 1 atom stereocenters. The van der Waals surface area contributed by atoms with Crippen molar-refractivity contribution in [3.63, 3.8) is 0 Å². The van der Waals surface area contributed by atoms with Crippen LogP contribution in [0.15, 0.2) is 30.3 Å². The fourth-order valence-corrected chi connectivity index (χ4v) is 3.02. The van der Waals surface area contributed by atoms with Gasteiger partial charge in [-0.3, -0.25) is 4.79 Å². The van der Waals surface area contributed by atoms with E-state index in [9.17, 15) is 9.59 Å². The summed E-state index contributed by atoms with van der Waals surface area (Å²) >= 11 is 1.37. The van der Waals surface area contributed by atoms with Crippen LogP contribution in [0, 0.1) is 0 Å². The van der Waals surface area contributed by atoms with Gasteiger partial charge in [0, 0.05) is 14.2 Å². The topological polar surface area (TPSA) is 79.7 Å². The maximum Gasteiger partial charge on any atom is 0.326 e. The van der Waals surface area contributed by atoms with Crippen molar-refractivity contribution in [2.24, 2.45) is 0 Å². The number of likely N-dealkylation sites (N-methyl/N-ethyl adjacent to an activating group) is 1. The van der Waals surface area contributed by atoms with Crippen LogP contribution < -0.4 is 0 Å². The van der Waals surface area contributed by atoms with Crippen LogP contribution in [0.4, 0.5) is 0 Å². The monoisotopic (exact) mass is 334 g/mol. The van der Waals surface area contributed by atoms with E-state index in [2.05, 4.69) is 4.98 Å². The number of aliphatic carboxylic acids is 1. The highest BCUT2D eigenvalue weighted by Crippen LogP contribution is 2.31. The first kappa shape index (κ1) is 17.1. The lowest BCUT2D eigenvalue weighted by Gasteiger charge is -2.21. The number of nitrogens with zero attached hydrogens (tertiary/aromatic N) is 2. The number of carboxylic acid groups (broad SMARTS) is 1. The van der Waals surface area contributed by atoms with Crippen molar-refractivity contribution >= 4 is 23.2 Å². The van der Waals surface area contributed by atoms with E-state index in [0.717, 1.165) is 5.56 Å². The standard InChI is InChI=1S/C16H18N2O4S/c1-10(16(20)21)18(2)15(19)13-14(11-7-5-4-6-8-11)23-12(17-13)9-22-3/h4-8,10H,9H2,1-3H3,(H,20,21). The molecule has 1 unspecified atom stereocenters. The van der Waals surface area contributed by atoms with E-state index in [1.165, 1.54) is 30.2 Å². The second-order valence-electron chi connectivity index (χ2n) is 5.01. The third-order valence-electron chi connectivity index (χ3n) is 3.44. The maximum atomic E-state index is 12.7. The van der Waals surface area contributed by atoms with Crippen LogP contribution in [-0.2, 0) is 16.1 Å². The SMILES string of the molecule is COCc1nc(C(=O)N(C)C(C)C(=O)O)c(-c2ccccc2)s1. The molecule has 2 aromatic rings. The molecule has 0 saturated carbocycles. The average Bonchev–Trinajstić information content (AvgIpc) is 2.97. The van der Waals surface area contributed by atoms with Crippen LogP contribution in [-0.4, -0.2) is 47.1 Å². The minimum atomic E-state index is -1.06. The molecule has 0 fully saturated rings. The van der Waals surface area contributed by atoms with E-state index >= 15 is 0 Å². The highest BCUT2D eigenvalue weighted by Gasteiger charge is 2.27. The van der Waals surface area contributed by atoms with Crippen LogP contribution in [0.25, 0.3) is 10.4 Å². The Kier molecular flexibility index (Phi) is 5.46. The molecule has 7 heteroatoms. The third kappa shape index (κ3) is 3.75. The Morgan fingerprint density at radius 1 is 1.35 bits per heavy atom. The fourth-order valence-electron chi connectivity index (χ4n) is 1.99. The lowest BCUT2D eigenvalue weighted by molar-refractivity contribution is -0.141. The number of aromatic nitrogens is 1. The number of hydrogen-bond donors (Lipinski definition) is 1. The summed E-state index contributed by atoms with van der Waals surface area (Å²) in [6.07, 6.45) is 0. The van der Waals surface area contributed by atoms with Crippen molar-refractivity contribution in [2.45, 2.75) is 19.6 Å². The predicted octanol–water partition coefficient (Wildman–Crippen LogP) is 2.50. The zero-order valence-corrected chi connectivity index (χ0v) is 14.0. The molecule has 122 valence electrons. The summed E-state index contributed by atoms with van der Waals surface area (Å²) in [4.78, 5) is 30.0. The summed E-state index contributed by atoms with van der Waals surface area (Å²) < 4.78 is 5.09. The van der Waals surface area contributed by atoms with Gasteiger partial charge in [0.25, 0.3) is 5.91 Å². The summed E-state index contributed by atoms with van der Waals surface area (Å²) in [6.45, 7) is 1.76. The zero-order valence-electron chi connectivity index (χ0n) is 13.1. The summed E-state index contributed by atoms with van der Waals surface area (Å²) in [5.41, 5.74) is 1.12. The molecule has 1 amide bonds. The van der Waals surface area contributed by atoms with Gasteiger partial charge in [-0.15, -0.1) is 11.3 Å². The van der Waals surface area contributed by atoms with Gasteiger partial charge in [-0.25, -0.2) is 9.78 Å². The molecule has 23 heavy (non-hydrogen) atoms. The highest BCUT2D eigenvalue weighted by molar-refractivity contribution is 7.15. The van der Waals surface area contributed by atoms with Gasteiger partial charge >= 0.3 is 5.97 Å². The van der Waals surface area contributed by atoms with E-state index in [4.69, 9.17) is 9.84 Å². The normalized spacial score (nSPS) is 12.0. The first-order chi connectivity index (χ1) is 11.0. The summed E-state index contributed by atoms with van der Waals surface area (Å²) in [5, 5.41) is 9.76. The second-order valence-corrected chi connectivity index (χ2v) is 6.10. The van der Waals surface area contributed by atoms with E-state index < -0.39 is 17.9 Å². The third-order valence-corrected chi connectivity index (χ3v) is 4.51. The largest absolute Gasteiger partial charge is 0.480 e. The van der Waals surface area contributed by atoms with Crippen LogP contribution >= 0.6 is 11.3 Å². The van der Waals surface area contributed by atoms with Gasteiger partial charge in [-0.05, 0) is 12.5 Å². The predicted molar refractivity (Wildman–Crippen MR) is 87.5 cm³/mol. The van der Waals surface area contributed by atoms with Crippen LogP contribution in [0.3, 0.4) is 0 Å². The van der Waals surface area contributed by atoms with Crippen LogP contribution in [0.1, 0.15) is 22.4 Å². The Balaban J connectivity index is 2.44. The number of rotatable bonds is 6. The van der Waals surface area contributed by atoms with Crippen LogP contribution in [0.2, 0.25) is 0 Å². The minimum absolute atomic E-state index is 0.254. The molecule has 0 spiro atoms. The molecule has 1 N–H and O–H groups in total. The molecule has 0 aliphatic carbocycles. The summed E-state index contributed by atoms with van der Waals surface area (Å²) in [6, 6.07) is 8.49. The number of benzene rings is 1. The molecule has 1 aromatic carbocycles. The second kappa shape index (κ2) is 7.34. The summed E-state index contributed by atoms with van der Waals surface area (Å²) in [5.74, 6) is -1.48. The zero-order chi connectivity index (χ0) is 17.0. The number of thiazole rings is 1. The van der Waals surface area contributed by atoms with Gasteiger partial charge in [-0.2, -0.15) is 0 Å². The van der Waals surface area contributed by atoms with Crippen molar-refractivity contribution < 1.29 is 19.4 Å². The fraction of sp³-hybridized carbons (Fsp3) is 0.312. The average molecular weight is 334 g/mol. The van der Waals surface area contributed by atoms with Gasteiger partial charge in [0.1, 0.15) is 16.7 Å². The molecule has 0 aliphatic heterocycles. The Morgan fingerprint density at radius 2 is 2.00 bits per heavy atom. The maximum absolute atomic E-state index is 12.7. The van der Waals surface area contributed by atoms with Crippen molar-refractivity contribution in [3.05, 3.63) is 41.0 Å². The van der Waals surface area contributed by atoms with Gasteiger partial charge in [0.05, 0.1) is 11.5 Å². The number of carbonyl (C=O) groups is 2. The Labute approximate surface area is 138 Å². The Hall–Kier alpha value is -2.25. The highest BCUT2D eigenvalue weighted by atomic mass is 32.1. The quantitative estimate of drug-likeness (QED) is 0.878. The van der Waals surface area contributed by atoms with Crippen molar-refractivity contribution in [1.82, 2.24) is 9.88 Å². The number of carboxylic acids is 1. The van der Waals surface area contributed by atoms with Crippen molar-refractivity contribution in [2.75, 3.05) is 14.2 Å². The van der Waals surface area contributed by atoms with E-state index in [-0.39, 0.29) is 5.69 Å². The summed E-state index contributed by atoms with van der Waals surface area (Å²) in [7, 11) is 3.02. The molecule has 1 aromatic heterocycles. The van der Waals surface area contributed by atoms with E-state index in [0.29, 0.717) is 16.5 Å². The van der Waals surface area contributed by atoms with Gasteiger partial charge in [0.2, 0.25) is 0 Å². The minimum Gasteiger partial charge on any atom is -0.480 e. The molecule has 0 radical (unpaired) electrons. The molecule has 0 saturated heterocycles. The van der Waals surface area contributed by atoms with Gasteiger partial charge in [0.15, 0.2) is 0 Å². The number of amides is 1. The van der Waals surface area contributed by atoms with Gasteiger partial charge in [-0.1, -0.05) is 30.3 Å². The first-order valence-corrected chi connectivity index (χ1v) is 7.81. The van der Waals surface area contributed by atoms with Crippen molar-refractivity contribution in [3.8, 4) is 10.4 Å². The number of ether oxygens (including phenoxy) is 1.